The number of pyridine rings is 1. The molecule has 0 radical (unpaired) electrons. The number of carbonyl (C=O) groups excluding carboxylic acids is 1. The van der Waals surface area contributed by atoms with E-state index in [0.29, 0.717) is 17.2 Å². The maximum atomic E-state index is 12.6. The molecule has 7 nitrogen and oxygen atoms in total. The van der Waals surface area contributed by atoms with E-state index >= 15 is 0 Å². The molecule has 0 saturated heterocycles. The van der Waals surface area contributed by atoms with Crippen LogP contribution in [0.25, 0.3) is 17.1 Å². The van der Waals surface area contributed by atoms with E-state index in [1.807, 2.05) is 30.3 Å². The number of benzene rings is 1. The minimum absolute atomic E-state index is 0.299. The minimum atomic E-state index is -0.312. The first-order chi connectivity index (χ1) is 12.3. The molecule has 7 heteroatoms. The molecule has 122 valence electrons. The molecule has 4 rings (SSSR count). The number of aromatic amines is 1. The summed E-state index contributed by atoms with van der Waals surface area (Å²) < 4.78 is 1.60. The molecule has 0 unspecified atom stereocenters. The number of hydrogen-bond donors (Lipinski definition) is 2. The second-order valence-electron chi connectivity index (χ2n) is 5.31. The van der Waals surface area contributed by atoms with Gasteiger partial charge in [-0.1, -0.05) is 36.4 Å². The van der Waals surface area contributed by atoms with Crippen LogP contribution in [0.15, 0.2) is 73.2 Å². The third kappa shape index (κ3) is 3.02. The van der Waals surface area contributed by atoms with Crippen LogP contribution in [0.2, 0.25) is 0 Å². The Morgan fingerprint density at radius 3 is 2.72 bits per heavy atom. The predicted molar refractivity (Wildman–Crippen MR) is 93.3 cm³/mol. The molecule has 3 aromatic heterocycles. The number of aromatic nitrogens is 5. The standard InChI is InChI=1S/C18H14N6O/c25-18(14-8-4-9-16(21-14)24-11-5-10-20-24)22-15-12-19-23-17(15)13-6-2-1-3-7-13/h1-12H,(H,19,23)(H,22,25). The maximum absolute atomic E-state index is 12.6. The lowest BCUT2D eigenvalue weighted by atomic mass is 10.1. The van der Waals surface area contributed by atoms with Gasteiger partial charge in [-0.15, -0.1) is 0 Å². The Morgan fingerprint density at radius 2 is 1.92 bits per heavy atom. The molecule has 0 atom stereocenters. The van der Waals surface area contributed by atoms with Crippen molar-refractivity contribution in [2.24, 2.45) is 0 Å². The second kappa shape index (κ2) is 6.40. The van der Waals surface area contributed by atoms with Crippen LogP contribution in [0.1, 0.15) is 10.5 Å². The third-order valence-electron chi connectivity index (χ3n) is 3.66. The average molecular weight is 330 g/mol. The van der Waals surface area contributed by atoms with E-state index < -0.39 is 0 Å². The lowest BCUT2D eigenvalue weighted by Crippen LogP contribution is -2.15. The zero-order valence-electron chi connectivity index (χ0n) is 13.1. The van der Waals surface area contributed by atoms with E-state index in [-0.39, 0.29) is 5.91 Å². The predicted octanol–water partition coefficient (Wildman–Crippen LogP) is 2.91. The molecule has 2 N–H and O–H groups in total. The van der Waals surface area contributed by atoms with Gasteiger partial charge in [-0.3, -0.25) is 9.89 Å². The van der Waals surface area contributed by atoms with Gasteiger partial charge < -0.3 is 5.32 Å². The van der Waals surface area contributed by atoms with Gasteiger partial charge in [0.2, 0.25) is 0 Å². The summed E-state index contributed by atoms with van der Waals surface area (Å²) in [4.78, 5) is 16.9. The van der Waals surface area contributed by atoms with Crippen LogP contribution in [0, 0.1) is 0 Å². The van der Waals surface area contributed by atoms with Gasteiger partial charge in [0.05, 0.1) is 17.6 Å². The summed E-state index contributed by atoms with van der Waals surface area (Å²) in [5, 5.41) is 13.9. The molecule has 1 amide bonds. The Kier molecular flexibility index (Phi) is 3.80. The Bertz CT molecular complexity index is 991. The Balaban J connectivity index is 1.60. The molecule has 0 spiro atoms. The molecule has 0 bridgehead atoms. The van der Waals surface area contributed by atoms with Crippen LogP contribution >= 0.6 is 0 Å². The van der Waals surface area contributed by atoms with Gasteiger partial charge >= 0.3 is 0 Å². The van der Waals surface area contributed by atoms with Gasteiger partial charge in [-0.05, 0) is 18.2 Å². The molecule has 0 fully saturated rings. The minimum Gasteiger partial charge on any atom is -0.317 e. The Hall–Kier alpha value is -3.74. The van der Waals surface area contributed by atoms with Crippen molar-refractivity contribution >= 4 is 11.6 Å². The Labute approximate surface area is 143 Å². The van der Waals surface area contributed by atoms with E-state index in [1.165, 1.54) is 0 Å². The van der Waals surface area contributed by atoms with Gasteiger partial charge in [0.25, 0.3) is 5.91 Å². The lowest BCUT2D eigenvalue weighted by molar-refractivity contribution is 0.102. The van der Waals surface area contributed by atoms with Crippen molar-refractivity contribution in [2.75, 3.05) is 5.32 Å². The van der Waals surface area contributed by atoms with Crippen LogP contribution in [-0.2, 0) is 0 Å². The summed E-state index contributed by atoms with van der Waals surface area (Å²) in [5.74, 6) is 0.265. The van der Waals surface area contributed by atoms with Crippen molar-refractivity contribution in [1.29, 1.82) is 0 Å². The second-order valence-corrected chi connectivity index (χ2v) is 5.31. The van der Waals surface area contributed by atoms with Crippen molar-refractivity contribution < 1.29 is 4.79 Å². The number of rotatable bonds is 4. The maximum Gasteiger partial charge on any atom is 0.274 e. The fourth-order valence-electron chi connectivity index (χ4n) is 2.47. The van der Waals surface area contributed by atoms with Crippen LogP contribution in [0.3, 0.4) is 0 Å². The smallest absolute Gasteiger partial charge is 0.274 e. The van der Waals surface area contributed by atoms with Gasteiger partial charge in [-0.25, -0.2) is 9.67 Å². The first kappa shape index (κ1) is 14.8. The molecule has 4 aromatic rings. The average Bonchev–Trinajstić information content (AvgIpc) is 3.34. The Morgan fingerprint density at radius 1 is 1.04 bits per heavy atom. The summed E-state index contributed by atoms with van der Waals surface area (Å²) in [6.45, 7) is 0. The van der Waals surface area contributed by atoms with Crippen molar-refractivity contribution in [3.05, 3.63) is 78.9 Å². The quantitative estimate of drug-likeness (QED) is 0.602. The number of amides is 1. The van der Waals surface area contributed by atoms with Gasteiger partial charge in [0, 0.05) is 18.0 Å². The van der Waals surface area contributed by atoms with Crippen LogP contribution < -0.4 is 5.32 Å². The van der Waals surface area contributed by atoms with Crippen molar-refractivity contribution in [1.82, 2.24) is 25.0 Å². The molecule has 25 heavy (non-hydrogen) atoms. The summed E-state index contributed by atoms with van der Waals surface area (Å²) >= 11 is 0. The summed E-state index contributed by atoms with van der Waals surface area (Å²) in [7, 11) is 0. The number of hydrogen-bond acceptors (Lipinski definition) is 4. The molecule has 0 saturated carbocycles. The number of nitrogens with zero attached hydrogens (tertiary/aromatic N) is 4. The molecule has 1 aromatic carbocycles. The summed E-state index contributed by atoms with van der Waals surface area (Å²) in [6.07, 6.45) is 5.01. The van der Waals surface area contributed by atoms with E-state index in [4.69, 9.17) is 0 Å². The zero-order chi connectivity index (χ0) is 17.1. The highest BCUT2D eigenvalue weighted by atomic mass is 16.1. The first-order valence-corrected chi connectivity index (χ1v) is 7.68. The van der Waals surface area contributed by atoms with Gasteiger partial charge in [0.1, 0.15) is 5.69 Å². The topological polar surface area (TPSA) is 88.5 Å². The highest BCUT2D eigenvalue weighted by Gasteiger charge is 2.14. The number of anilines is 1. The fraction of sp³-hybridized carbons (Fsp3) is 0. The summed E-state index contributed by atoms with van der Waals surface area (Å²) in [6, 6.07) is 16.7. The highest BCUT2D eigenvalue weighted by molar-refractivity contribution is 6.04. The highest BCUT2D eigenvalue weighted by Crippen LogP contribution is 2.25. The monoisotopic (exact) mass is 330 g/mol. The third-order valence-corrected chi connectivity index (χ3v) is 3.66. The van der Waals surface area contributed by atoms with Crippen molar-refractivity contribution in [3.63, 3.8) is 0 Å². The molecular formula is C18H14N6O. The van der Waals surface area contributed by atoms with E-state index in [0.717, 1.165) is 11.3 Å². The van der Waals surface area contributed by atoms with Crippen molar-refractivity contribution in [2.45, 2.75) is 0 Å². The molecule has 0 aliphatic rings. The zero-order valence-corrected chi connectivity index (χ0v) is 13.1. The first-order valence-electron chi connectivity index (χ1n) is 7.68. The van der Waals surface area contributed by atoms with Crippen LogP contribution in [-0.4, -0.2) is 30.9 Å². The van der Waals surface area contributed by atoms with Gasteiger partial charge in [-0.2, -0.15) is 10.2 Å². The number of carbonyl (C=O) groups is 1. The van der Waals surface area contributed by atoms with Gasteiger partial charge in [0.15, 0.2) is 5.82 Å². The van der Waals surface area contributed by atoms with Crippen LogP contribution in [0.4, 0.5) is 5.69 Å². The molecular weight excluding hydrogens is 316 g/mol. The SMILES string of the molecule is O=C(Nc1cn[nH]c1-c1ccccc1)c1cccc(-n2cccn2)n1. The van der Waals surface area contributed by atoms with Crippen molar-refractivity contribution in [3.8, 4) is 17.1 Å². The normalized spacial score (nSPS) is 10.6. The van der Waals surface area contributed by atoms with Crippen LogP contribution in [0.5, 0.6) is 0 Å². The lowest BCUT2D eigenvalue weighted by Gasteiger charge is -2.07. The molecule has 0 aliphatic heterocycles. The molecule has 3 heterocycles. The fourth-order valence-corrected chi connectivity index (χ4v) is 2.47. The molecule has 0 aliphatic carbocycles. The number of H-pyrrole nitrogens is 1. The van der Waals surface area contributed by atoms with E-state index in [2.05, 4.69) is 25.6 Å². The summed E-state index contributed by atoms with van der Waals surface area (Å²) in [5.41, 5.74) is 2.58. The number of nitrogens with one attached hydrogen (secondary N) is 2. The largest absolute Gasteiger partial charge is 0.317 e. The van der Waals surface area contributed by atoms with E-state index in [9.17, 15) is 4.79 Å². The van der Waals surface area contributed by atoms with E-state index in [1.54, 1.807) is 47.5 Å².